The van der Waals surface area contributed by atoms with Crippen LogP contribution in [0.4, 0.5) is 0 Å². The Hall–Kier alpha value is -0.340. The molecular weight excluding hydrogens is 160 g/mol. The summed E-state index contributed by atoms with van der Waals surface area (Å²) in [6.07, 6.45) is 10.1. The van der Waals surface area contributed by atoms with E-state index >= 15 is 0 Å². The molecular formula is C11H20N2. The van der Waals surface area contributed by atoms with Crippen LogP contribution in [0.5, 0.6) is 0 Å². The van der Waals surface area contributed by atoms with Crippen LogP contribution in [0.15, 0.2) is 11.6 Å². The van der Waals surface area contributed by atoms with Crippen LogP contribution in [0.1, 0.15) is 38.5 Å². The van der Waals surface area contributed by atoms with Crippen molar-refractivity contribution in [2.24, 2.45) is 5.73 Å². The van der Waals surface area contributed by atoms with Gasteiger partial charge < -0.3 is 11.1 Å². The molecule has 1 saturated carbocycles. The molecule has 0 atom stereocenters. The van der Waals surface area contributed by atoms with Gasteiger partial charge in [-0.1, -0.05) is 11.6 Å². The molecule has 2 rings (SSSR count). The van der Waals surface area contributed by atoms with Crippen molar-refractivity contribution in [1.29, 1.82) is 0 Å². The third-order valence-corrected chi connectivity index (χ3v) is 3.19. The average molecular weight is 180 g/mol. The van der Waals surface area contributed by atoms with Crippen LogP contribution < -0.4 is 11.1 Å². The molecule has 0 aliphatic heterocycles. The van der Waals surface area contributed by atoms with E-state index in [1.54, 1.807) is 5.57 Å². The molecule has 0 bridgehead atoms. The van der Waals surface area contributed by atoms with Gasteiger partial charge in [-0.25, -0.2) is 0 Å². The van der Waals surface area contributed by atoms with E-state index in [2.05, 4.69) is 11.4 Å². The molecule has 0 unspecified atom stereocenters. The highest BCUT2D eigenvalue weighted by atomic mass is 14.9. The summed E-state index contributed by atoms with van der Waals surface area (Å²) in [4.78, 5) is 0. The van der Waals surface area contributed by atoms with Gasteiger partial charge in [0.1, 0.15) is 0 Å². The van der Waals surface area contributed by atoms with Gasteiger partial charge in [-0.05, 0) is 45.1 Å². The number of allylic oxidation sites excluding steroid dienone is 1. The third kappa shape index (κ3) is 2.55. The van der Waals surface area contributed by atoms with Crippen LogP contribution in [0.2, 0.25) is 0 Å². The largest absolute Gasteiger partial charge is 0.328 e. The van der Waals surface area contributed by atoms with E-state index in [4.69, 9.17) is 5.73 Å². The molecule has 2 heteroatoms. The molecule has 2 aliphatic rings. The van der Waals surface area contributed by atoms with Crippen LogP contribution in [0.3, 0.4) is 0 Å². The molecule has 0 spiro atoms. The molecule has 0 radical (unpaired) electrons. The molecule has 74 valence electrons. The Bertz CT molecular complexity index is 192. The summed E-state index contributed by atoms with van der Waals surface area (Å²) < 4.78 is 0. The molecule has 2 nitrogen and oxygen atoms in total. The van der Waals surface area contributed by atoms with Gasteiger partial charge in [0, 0.05) is 12.1 Å². The second kappa shape index (κ2) is 4.25. The summed E-state index contributed by atoms with van der Waals surface area (Å²) >= 11 is 0. The van der Waals surface area contributed by atoms with Crippen molar-refractivity contribution in [2.45, 2.75) is 50.6 Å². The first-order chi connectivity index (χ1) is 6.34. The smallest absolute Gasteiger partial charge is 0.00966 e. The van der Waals surface area contributed by atoms with Gasteiger partial charge in [0.25, 0.3) is 0 Å². The second-order valence-electron chi connectivity index (χ2n) is 4.39. The lowest BCUT2D eigenvalue weighted by molar-refractivity contribution is 0.294. The van der Waals surface area contributed by atoms with Gasteiger partial charge in [-0.15, -0.1) is 0 Å². The Balaban J connectivity index is 1.54. The highest BCUT2D eigenvalue weighted by Crippen LogP contribution is 2.21. The molecule has 1 fully saturated rings. The lowest BCUT2D eigenvalue weighted by Crippen LogP contribution is -2.48. The van der Waals surface area contributed by atoms with E-state index in [0.717, 1.165) is 12.6 Å². The van der Waals surface area contributed by atoms with Crippen molar-refractivity contribution < 1.29 is 0 Å². The zero-order valence-electron chi connectivity index (χ0n) is 8.26. The van der Waals surface area contributed by atoms with Gasteiger partial charge in [0.2, 0.25) is 0 Å². The third-order valence-electron chi connectivity index (χ3n) is 3.19. The SMILES string of the molecule is NC1CC(NCCC2=CCCC2)C1. The van der Waals surface area contributed by atoms with Crippen LogP contribution in [0, 0.1) is 0 Å². The molecule has 0 aromatic carbocycles. The first-order valence-electron chi connectivity index (χ1n) is 5.51. The molecule has 13 heavy (non-hydrogen) atoms. The minimum absolute atomic E-state index is 0.475. The number of hydrogen-bond acceptors (Lipinski definition) is 2. The van der Waals surface area contributed by atoms with E-state index in [9.17, 15) is 0 Å². The van der Waals surface area contributed by atoms with Crippen molar-refractivity contribution in [1.82, 2.24) is 5.32 Å². The Morgan fingerprint density at radius 2 is 2.31 bits per heavy atom. The van der Waals surface area contributed by atoms with Crippen molar-refractivity contribution in [3.05, 3.63) is 11.6 Å². The minimum Gasteiger partial charge on any atom is -0.328 e. The predicted octanol–water partition coefficient (Wildman–Crippen LogP) is 1.57. The van der Waals surface area contributed by atoms with Gasteiger partial charge in [0.15, 0.2) is 0 Å². The molecule has 0 aromatic rings. The standard InChI is InChI=1S/C11H20N2/c12-10-7-11(8-10)13-6-5-9-3-1-2-4-9/h3,10-11,13H,1-2,4-8,12H2. The molecule has 0 aromatic heterocycles. The number of nitrogens with one attached hydrogen (secondary N) is 1. The van der Waals surface area contributed by atoms with Gasteiger partial charge in [-0.3, -0.25) is 0 Å². The molecule has 0 heterocycles. The molecule has 2 aliphatic carbocycles. The number of rotatable bonds is 4. The second-order valence-corrected chi connectivity index (χ2v) is 4.39. The number of hydrogen-bond donors (Lipinski definition) is 2. The molecule has 0 saturated heterocycles. The Morgan fingerprint density at radius 3 is 2.92 bits per heavy atom. The number of nitrogens with two attached hydrogens (primary N) is 1. The highest BCUT2D eigenvalue weighted by Gasteiger charge is 2.24. The monoisotopic (exact) mass is 180 g/mol. The van der Waals surface area contributed by atoms with Crippen LogP contribution in [0.25, 0.3) is 0 Å². The summed E-state index contributed by atoms with van der Waals surface area (Å²) in [6, 6.07) is 1.19. The normalized spacial score (nSPS) is 32.8. The topological polar surface area (TPSA) is 38.0 Å². The Kier molecular flexibility index (Phi) is 3.01. The predicted molar refractivity (Wildman–Crippen MR) is 55.6 cm³/mol. The fourth-order valence-corrected chi connectivity index (χ4v) is 2.23. The van der Waals surface area contributed by atoms with E-state index < -0.39 is 0 Å². The van der Waals surface area contributed by atoms with Gasteiger partial charge in [-0.2, -0.15) is 0 Å². The van der Waals surface area contributed by atoms with Crippen molar-refractivity contribution in [2.75, 3.05) is 6.54 Å². The lowest BCUT2D eigenvalue weighted by Gasteiger charge is -2.33. The molecule has 0 amide bonds. The highest BCUT2D eigenvalue weighted by molar-refractivity contribution is 5.07. The molecule has 3 N–H and O–H groups in total. The van der Waals surface area contributed by atoms with E-state index in [1.165, 1.54) is 38.5 Å². The first-order valence-corrected chi connectivity index (χ1v) is 5.51. The average Bonchev–Trinajstić information content (AvgIpc) is 2.53. The zero-order valence-corrected chi connectivity index (χ0v) is 8.26. The fourth-order valence-electron chi connectivity index (χ4n) is 2.23. The maximum Gasteiger partial charge on any atom is 0.00966 e. The van der Waals surface area contributed by atoms with Gasteiger partial charge in [0.05, 0.1) is 0 Å². The summed E-state index contributed by atoms with van der Waals surface area (Å²) in [5, 5.41) is 3.56. The lowest BCUT2D eigenvalue weighted by atomic mass is 9.87. The fraction of sp³-hybridized carbons (Fsp3) is 0.818. The zero-order chi connectivity index (χ0) is 9.10. The van der Waals surface area contributed by atoms with Crippen LogP contribution in [-0.4, -0.2) is 18.6 Å². The van der Waals surface area contributed by atoms with E-state index in [0.29, 0.717) is 6.04 Å². The van der Waals surface area contributed by atoms with Crippen LogP contribution >= 0.6 is 0 Å². The van der Waals surface area contributed by atoms with Crippen molar-refractivity contribution >= 4 is 0 Å². The summed E-state index contributed by atoms with van der Waals surface area (Å²) in [5.41, 5.74) is 7.37. The maximum atomic E-state index is 5.71. The quantitative estimate of drug-likeness (QED) is 0.644. The van der Waals surface area contributed by atoms with E-state index in [-0.39, 0.29) is 0 Å². The Morgan fingerprint density at radius 1 is 1.46 bits per heavy atom. The maximum absolute atomic E-state index is 5.71. The van der Waals surface area contributed by atoms with Crippen molar-refractivity contribution in [3.63, 3.8) is 0 Å². The van der Waals surface area contributed by atoms with Crippen LogP contribution in [-0.2, 0) is 0 Å². The van der Waals surface area contributed by atoms with E-state index in [1.807, 2.05) is 0 Å². The van der Waals surface area contributed by atoms with Gasteiger partial charge >= 0.3 is 0 Å². The summed E-state index contributed by atoms with van der Waals surface area (Å²) in [5.74, 6) is 0. The van der Waals surface area contributed by atoms with Crippen molar-refractivity contribution in [3.8, 4) is 0 Å². The Labute approximate surface area is 80.6 Å². The minimum atomic E-state index is 0.475. The summed E-state index contributed by atoms with van der Waals surface area (Å²) in [6.45, 7) is 1.16. The summed E-state index contributed by atoms with van der Waals surface area (Å²) in [7, 11) is 0. The first kappa shape index (κ1) is 9.22.